The Morgan fingerprint density at radius 3 is 2.46 bits per heavy atom. The summed E-state index contributed by atoms with van der Waals surface area (Å²) in [7, 11) is 0. The van der Waals surface area contributed by atoms with E-state index in [4.69, 9.17) is 4.74 Å². The lowest BCUT2D eigenvalue weighted by atomic mass is 10.3. The summed E-state index contributed by atoms with van der Waals surface area (Å²) in [5.41, 5.74) is 2.64. The minimum absolute atomic E-state index is 0.0281. The summed E-state index contributed by atoms with van der Waals surface area (Å²) < 4.78 is 7.61. The van der Waals surface area contributed by atoms with Gasteiger partial charge in [-0.3, -0.25) is 4.79 Å². The number of nitrogens with zero attached hydrogens (tertiary/aromatic N) is 4. The normalized spacial score (nSPS) is 10.6. The van der Waals surface area contributed by atoms with Crippen LogP contribution < -0.4 is 10.1 Å². The first-order valence-corrected chi connectivity index (χ1v) is 8.41. The number of hydrogen-bond acceptors (Lipinski definition) is 5. The topological polar surface area (TPSA) is 81.9 Å². The molecule has 1 aromatic carbocycles. The van der Waals surface area contributed by atoms with Crippen molar-refractivity contribution in [2.75, 3.05) is 5.32 Å². The molecule has 0 atom stereocenters. The summed E-state index contributed by atoms with van der Waals surface area (Å²) in [6.07, 6.45) is 0.438. The Balaban J connectivity index is 1.82. The van der Waals surface area contributed by atoms with Crippen LogP contribution in [0.3, 0.4) is 0 Å². The van der Waals surface area contributed by atoms with Gasteiger partial charge in [0.15, 0.2) is 5.82 Å². The summed E-state index contributed by atoms with van der Waals surface area (Å²) in [5, 5.41) is 7.25. The van der Waals surface area contributed by atoms with Crippen LogP contribution in [0.4, 0.5) is 5.69 Å². The van der Waals surface area contributed by atoms with E-state index in [0.717, 1.165) is 17.1 Å². The first kappa shape index (κ1) is 17.6. The predicted octanol–water partition coefficient (Wildman–Crippen LogP) is 3.73. The summed E-state index contributed by atoms with van der Waals surface area (Å²) in [6.45, 7) is 7.53. The van der Waals surface area contributed by atoms with Gasteiger partial charge in [-0.05, 0) is 51.1 Å². The molecule has 1 N–H and O–H groups in total. The first-order chi connectivity index (χ1) is 12.4. The van der Waals surface area contributed by atoms with Gasteiger partial charge in [-0.1, -0.05) is 6.92 Å². The second kappa shape index (κ2) is 7.35. The molecule has 0 aliphatic rings. The molecule has 0 aliphatic heterocycles. The lowest BCUT2D eigenvalue weighted by Gasteiger charge is -2.10. The number of aromatic nitrogens is 4. The largest absolute Gasteiger partial charge is 0.439 e. The van der Waals surface area contributed by atoms with Crippen molar-refractivity contribution in [1.82, 2.24) is 19.7 Å². The number of hydrogen-bond donors (Lipinski definition) is 1. The van der Waals surface area contributed by atoms with Crippen LogP contribution >= 0.6 is 0 Å². The van der Waals surface area contributed by atoms with Crippen LogP contribution in [0, 0.1) is 20.8 Å². The molecule has 0 spiro atoms. The van der Waals surface area contributed by atoms with Crippen LogP contribution in [0.1, 0.15) is 30.6 Å². The highest BCUT2D eigenvalue weighted by Gasteiger charge is 2.10. The Hall–Kier alpha value is -3.22. The van der Waals surface area contributed by atoms with Crippen molar-refractivity contribution in [3.8, 4) is 17.4 Å². The fourth-order valence-electron chi connectivity index (χ4n) is 2.52. The highest BCUT2D eigenvalue weighted by Crippen LogP contribution is 2.23. The molecule has 0 fully saturated rings. The van der Waals surface area contributed by atoms with E-state index in [1.165, 1.54) is 0 Å². The molecule has 134 valence electrons. The SMILES string of the molecule is CCC(=O)Nc1ccc(Oc2cc(-n3nc(C)cc3C)nc(C)n2)cc1. The molecule has 1 amide bonds. The molecule has 26 heavy (non-hydrogen) atoms. The molecule has 7 heteroatoms. The van der Waals surface area contributed by atoms with Crippen molar-refractivity contribution in [2.45, 2.75) is 34.1 Å². The third-order valence-corrected chi connectivity index (χ3v) is 3.71. The van der Waals surface area contributed by atoms with Gasteiger partial charge in [-0.2, -0.15) is 10.1 Å². The van der Waals surface area contributed by atoms with E-state index in [9.17, 15) is 4.79 Å². The van der Waals surface area contributed by atoms with E-state index in [1.807, 2.05) is 33.8 Å². The minimum atomic E-state index is -0.0281. The molecule has 0 saturated heterocycles. The molecule has 3 aromatic rings. The van der Waals surface area contributed by atoms with E-state index in [-0.39, 0.29) is 5.91 Å². The number of ether oxygens (including phenoxy) is 1. The van der Waals surface area contributed by atoms with Crippen molar-refractivity contribution < 1.29 is 9.53 Å². The molecule has 0 radical (unpaired) electrons. The van der Waals surface area contributed by atoms with E-state index >= 15 is 0 Å². The smallest absolute Gasteiger partial charge is 0.224 e. The number of nitrogens with one attached hydrogen (secondary N) is 1. The Morgan fingerprint density at radius 1 is 1.12 bits per heavy atom. The number of benzene rings is 1. The fourth-order valence-corrected chi connectivity index (χ4v) is 2.52. The van der Waals surface area contributed by atoms with Gasteiger partial charge in [0.1, 0.15) is 11.6 Å². The van der Waals surface area contributed by atoms with Gasteiger partial charge >= 0.3 is 0 Å². The van der Waals surface area contributed by atoms with Crippen LogP contribution in [0.25, 0.3) is 5.82 Å². The van der Waals surface area contributed by atoms with E-state index in [1.54, 1.807) is 35.0 Å². The number of carbonyl (C=O) groups is 1. The zero-order valence-corrected chi connectivity index (χ0v) is 15.3. The maximum Gasteiger partial charge on any atom is 0.224 e. The van der Waals surface area contributed by atoms with Crippen molar-refractivity contribution in [3.63, 3.8) is 0 Å². The number of amides is 1. The Bertz CT molecular complexity index is 932. The lowest BCUT2D eigenvalue weighted by Crippen LogP contribution is -2.09. The quantitative estimate of drug-likeness (QED) is 0.757. The maximum atomic E-state index is 11.4. The summed E-state index contributed by atoms with van der Waals surface area (Å²) in [5.74, 6) is 2.28. The van der Waals surface area contributed by atoms with Gasteiger partial charge in [-0.15, -0.1) is 0 Å². The van der Waals surface area contributed by atoms with Crippen LogP contribution in [0.2, 0.25) is 0 Å². The third-order valence-electron chi connectivity index (χ3n) is 3.71. The molecule has 7 nitrogen and oxygen atoms in total. The van der Waals surface area contributed by atoms with Crippen LogP contribution in [0.5, 0.6) is 11.6 Å². The van der Waals surface area contributed by atoms with Crippen molar-refractivity contribution in [1.29, 1.82) is 0 Å². The summed E-state index contributed by atoms with van der Waals surface area (Å²) >= 11 is 0. The van der Waals surface area contributed by atoms with E-state index < -0.39 is 0 Å². The Kier molecular flexibility index (Phi) is 4.97. The molecule has 0 bridgehead atoms. The number of rotatable bonds is 5. The summed E-state index contributed by atoms with van der Waals surface area (Å²) in [6, 6.07) is 10.9. The zero-order valence-electron chi connectivity index (χ0n) is 15.3. The molecule has 2 heterocycles. The molecule has 2 aromatic heterocycles. The fraction of sp³-hybridized carbons (Fsp3) is 0.263. The monoisotopic (exact) mass is 351 g/mol. The lowest BCUT2D eigenvalue weighted by molar-refractivity contribution is -0.115. The molecule has 0 saturated carbocycles. The first-order valence-electron chi connectivity index (χ1n) is 8.41. The van der Waals surface area contributed by atoms with Crippen LogP contribution in [-0.4, -0.2) is 25.7 Å². The molecular formula is C19H21N5O2. The minimum Gasteiger partial charge on any atom is -0.439 e. The molecule has 3 rings (SSSR count). The van der Waals surface area contributed by atoms with Gasteiger partial charge in [0.2, 0.25) is 11.8 Å². The van der Waals surface area contributed by atoms with E-state index in [2.05, 4.69) is 20.4 Å². The van der Waals surface area contributed by atoms with Crippen LogP contribution in [0.15, 0.2) is 36.4 Å². The second-order valence-corrected chi connectivity index (χ2v) is 5.98. The standard InChI is InChI=1S/C19H21N5O2/c1-5-18(25)22-15-6-8-16(9-7-15)26-19-11-17(20-14(4)21-19)24-13(3)10-12(2)23-24/h6-11H,5H2,1-4H3,(H,22,25). The van der Waals surface area contributed by atoms with Gasteiger partial charge in [0.05, 0.1) is 5.69 Å². The number of anilines is 1. The highest BCUT2D eigenvalue weighted by molar-refractivity contribution is 5.90. The molecule has 0 unspecified atom stereocenters. The maximum absolute atomic E-state index is 11.4. The summed E-state index contributed by atoms with van der Waals surface area (Å²) in [4.78, 5) is 20.2. The van der Waals surface area contributed by atoms with Gasteiger partial charge in [0.25, 0.3) is 0 Å². The molecular weight excluding hydrogens is 330 g/mol. The zero-order chi connectivity index (χ0) is 18.7. The number of carbonyl (C=O) groups excluding carboxylic acids is 1. The van der Waals surface area contributed by atoms with Crippen LogP contribution in [-0.2, 0) is 4.79 Å². The van der Waals surface area contributed by atoms with Crippen molar-refractivity contribution in [2.24, 2.45) is 0 Å². The molecule has 0 aliphatic carbocycles. The predicted molar refractivity (Wildman–Crippen MR) is 98.8 cm³/mol. The van der Waals surface area contributed by atoms with Gasteiger partial charge in [0, 0.05) is 23.9 Å². The Morgan fingerprint density at radius 2 is 1.85 bits per heavy atom. The average molecular weight is 351 g/mol. The Labute approximate surface area is 152 Å². The second-order valence-electron chi connectivity index (χ2n) is 5.98. The average Bonchev–Trinajstić information content (AvgIpc) is 2.94. The van der Waals surface area contributed by atoms with Crippen molar-refractivity contribution in [3.05, 3.63) is 53.6 Å². The van der Waals surface area contributed by atoms with Crippen molar-refractivity contribution >= 4 is 11.6 Å². The van der Waals surface area contributed by atoms with Gasteiger partial charge in [-0.25, -0.2) is 9.67 Å². The third kappa shape index (κ3) is 4.05. The highest BCUT2D eigenvalue weighted by atomic mass is 16.5. The number of aryl methyl sites for hydroxylation is 3. The van der Waals surface area contributed by atoms with E-state index in [0.29, 0.717) is 29.7 Å². The van der Waals surface area contributed by atoms with Gasteiger partial charge < -0.3 is 10.1 Å².